The van der Waals surface area contributed by atoms with Crippen molar-refractivity contribution in [2.45, 2.75) is 61.3 Å². The highest BCUT2D eigenvalue weighted by Gasteiger charge is 2.15. The standard InChI is InChI=1S/C24H37N/c1-18(2)12-11-13-22(20(5)6)17-25(16-19(3)4)24-15-10-9-14-23(24)21(7)8/h9-15,19,21H,16-17H2,1-8H3/b13-11-. The summed E-state index contributed by atoms with van der Waals surface area (Å²) in [5.41, 5.74) is 6.92. The fourth-order valence-corrected chi connectivity index (χ4v) is 2.89. The molecular weight excluding hydrogens is 302 g/mol. The Morgan fingerprint density at radius 1 is 1.00 bits per heavy atom. The molecule has 0 heterocycles. The second kappa shape index (κ2) is 10.3. The van der Waals surface area contributed by atoms with Crippen LogP contribution in [0.4, 0.5) is 5.69 Å². The van der Waals surface area contributed by atoms with E-state index >= 15 is 0 Å². The first kappa shape index (κ1) is 21.3. The number of anilines is 1. The summed E-state index contributed by atoms with van der Waals surface area (Å²) < 4.78 is 0. The van der Waals surface area contributed by atoms with Crippen molar-refractivity contribution in [3.8, 4) is 0 Å². The molecule has 1 rings (SSSR count). The van der Waals surface area contributed by atoms with Crippen LogP contribution in [-0.2, 0) is 0 Å². The van der Waals surface area contributed by atoms with Crippen LogP contribution in [0.2, 0.25) is 0 Å². The monoisotopic (exact) mass is 339 g/mol. The summed E-state index contributed by atoms with van der Waals surface area (Å²) in [5, 5.41) is 0. The van der Waals surface area contributed by atoms with Crippen molar-refractivity contribution in [2.24, 2.45) is 5.92 Å². The van der Waals surface area contributed by atoms with Crippen LogP contribution in [0.5, 0.6) is 0 Å². The predicted octanol–water partition coefficient (Wildman–Crippen LogP) is 7.13. The summed E-state index contributed by atoms with van der Waals surface area (Å²) in [6.07, 6.45) is 6.63. The van der Waals surface area contributed by atoms with Gasteiger partial charge in [-0.2, -0.15) is 0 Å². The van der Waals surface area contributed by atoms with E-state index < -0.39 is 0 Å². The van der Waals surface area contributed by atoms with Gasteiger partial charge in [0.1, 0.15) is 0 Å². The fraction of sp³-hybridized carbons (Fsp3) is 0.500. The van der Waals surface area contributed by atoms with Crippen LogP contribution < -0.4 is 4.90 Å². The Morgan fingerprint density at radius 3 is 2.16 bits per heavy atom. The van der Waals surface area contributed by atoms with Gasteiger partial charge in [-0.3, -0.25) is 0 Å². The average Bonchev–Trinajstić information content (AvgIpc) is 2.52. The molecule has 0 fully saturated rings. The lowest BCUT2D eigenvalue weighted by Crippen LogP contribution is -2.30. The number of hydrogen-bond acceptors (Lipinski definition) is 1. The van der Waals surface area contributed by atoms with E-state index in [4.69, 9.17) is 0 Å². The van der Waals surface area contributed by atoms with Gasteiger partial charge < -0.3 is 4.90 Å². The highest BCUT2D eigenvalue weighted by atomic mass is 15.1. The van der Waals surface area contributed by atoms with E-state index in [0.29, 0.717) is 11.8 Å². The van der Waals surface area contributed by atoms with Gasteiger partial charge >= 0.3 is 0 Å². The van der Waals surface area contributed by atoms with Gasteiger partial charge in [0, 0.05) is 18.8 Å². The molecule has 1 nitrogen and oxygen atoms in total. The van der Waals surface area contributed by atoms with Gasteiger partial charge in [0.25, 0.3) is 0 Å². The number of benzene rings is 1. The number of para-hydroxylation sites is 1. The van der Waals surface area contributed by atoms with Gasteiger partial charge in [-0.25, -0.2) is 0 Å². The number of hydrogen-bond donors (Lipinski definition) is 0. The van der Waals surface area contributed by atoms with Crippen molar-refractivity contribution < 1.29 is 0 Å². The number of nitrogens with zero attached hydrogens (tertiary/aromatic N) is 1. The molecule has 0 saturated heterocycles. The lowest BCUT2D eigenvalue weighted by atomic mass is 9.99. The van der Waals surface area contributed by atoms with E-state index in [-0.39, 0.29) is 0 Å². The summed E-state index contributed by atoms with van der Waals surface area (Å²) in [4.78, 5) is 2.55. The van der Waals surface area contributed by atoms with Gasteiger partial charge in [-0.1, -0.05) is 75.3 Å². The van der Waals surface area contributed by atoms with Gasteiger partial charge in [-0.15, -0.1) is 0 Å². The lowest BCUT2D eigenvalue weighted by Gasteiger charge is -2.30. The molecule has 0 aliphatic rings. The first-order valence-electron chi connectivity index (χ1n) is 9.54. The molecule has 0 aliphatic heterocycles. The van der Waals surface area contributed by atoms with Crippen LogP contribution in [-0.4, -0.2) is 13.1 Å². The minimum Gasteiger partial charge on any atom is -0.367 e. The number of allylic oxidation sites excluding steroid dienone is 4. The van der Waals surface area contributed by atoms with Crippen LogP contribution in [0.15, 0.2) is 59.2 Å². The fourth-order valence-electron chi connectivity index (χ4n) is 2.89. The van der Waals surface area contributed by atoms with Crippen molar-refractivity contribution in [1.29, 1.82) is 0 Å². The molecule has 25 heavy (non-hydrogen) atoms. The molecule has 1 heteroatoms. The third-order valence-corrected chi connectivity index (χ3v) is 4.22. The maximum Gasteiger partial charge on any atom is 0.0429 e. The van der Waals surface area contributed by atoms with E-state index in [0.717, 1.165) is 13.1 Å². The molecule has 0 aromatic heterocycles. The highest BCUT2D eigenvalue weighted by molar-refractivity contribution is 5.56. The Balaban J connectivity index is 3.21. The van der Waals surface area contributed by atoms with E-state index in [2.05, 4.69) is 103 Å². The molecule has 0 amide bonds. The third-order valence-electron chi connectivity index (χ3n) is 4.22. The lowest BCUT2D eigenvalue weighted by molar-refractivity contribution is 0.620. The highest BCUT2D eigenvalue weighted by Crippen LogP contribution is 2.29. The van der Waals surface area contributed by atoms with Crippen molar-refractivity contribution >= 4 is 5.69 Å². The molecule has 0 radical (unpaired) electrons. The Labute approximate surface area is 156 Å². The van der Waals surface area contributed by atoms with Crippen LogP contribution in [0.25, 0.3) is 0 Å². The minimum absolute atomic E-state index is 0.530. The first-order chi connectivity index (χ1) is 11.7. The Morgan fingerprint density at radius 2 is 1.64 bits per heavy atom. The zero-order valence-corrected chi connectivity index (χ0v) is 17.6. The summed E-state index contributed by atoms with van der Waals surface area (Å²) >= 11 is 0. The summed E-state index contributed by atoms with van der Waals surface area (Å²) in [7, 11) is 0. The Hall–Kier alpha value is -1.76. The molecule has 0 unspecified atom stereocenters. The zero-order valence-electron chi connectivity index (χ0n) is 17.6. The quantitative estimate of drug-likeness (QED) is 0.455. The molecule has 0 aliphatic carbocycles. The van der Waals surface area contributed by atoms with E-state index in [1.165, 1.54) is 28.0 Å². The topological polar surface area (TPSA) is 3.24 Å². The maximum absolute atomic E-state index is 2.55. The maximum atomic E-state index is 2.55. The SMILES string of the molecule is CC(C)=C/C=C\C(CN(CC(C)C)c1ccccc1C(C)C)=C(C)C. The largest absolute Gasteiger partial charge is 0.367 e. The molecule has 0 spiro atoms. The molecule has 0 saturated carbocycles. The second-order valence-corrected chi connectivity index (χ2v) is 8.12. The molecule has 0 N–H and O–H groups in total. The predicted molar refractivity (Wildman–Crippen MR) is 115 cm³/mol. The van der Waals surface area contributed by atoms with Crippen LogP contribution in [0.3, 0.4) is 0 Å². The zero-order chi connectivity index (χ0) is 19.0. The van der Waals surface area contributed by atoms with Gasteiger partial charge in [-0.05, 0) is 56.7 Å². The molecule has 0 bridgehead atoms. The van der Waals surface area contributed by atoms with Gasteiger partial charge in [0.2, 0.25) is 0 Å². The smallest absolute Gasteiger partial charge is 0.0429 e. The second-order valence-electron chi connectivity index (χ2n) is 8.12. The van der Waals surface area contributed by atoms with Crippen LogP contribution >= 0.6 is 0 Å². The van der Waals surface area contributed by atoms with Crippen LogP contribution in [0, 0.1) is 5.92 Å². The van der Waals surface area contributed by atoms with E-state index in [1.807, 2.05) is 0 Å². The van der Waals surface area contributed by atoms with E-state index in [9.17, 15) is 0 Å². The average molecular weight is 340 g/mol. The normalized spacial score (nSPS) is 11.3. The molecule has 1 aromatic carbocycles. The summed E-state index contributed by atoms with van der Waals surface area (Å²) in [6, 6.07) is 8.87. The van der Waals surface area contributed by atoms with Gasteiger partial charge in [0.05, 0.1) is 0 Å². The summed E-state index contributed by atoms with van der Waals surface area (Å²) in [6.45, 7) is 19.9. The molecule has 0 atom stereocenters. The first-order valence-corrected chi connectivity index (χ1v) is 9.54. The van der Waals surface area contributed by atoms with Crippen molar-refractivity contribution in [3.63, 3.8) is 0 Å². The van der Waals surface area contributed by atoms with Gasteiger partial charge in [0.15, 0.2) is 0 Å². The van der Waals surface area contributed by atoms with Crippen molar-refractivity contribution in [1.82, 2.24) is 0 Å². The Bertz CT molecular complexity index is 621. The van der Waals surface area contributed by atoms with Crippen molar-refractivity contribution in [2.75, 3.05) is 18.0 Å². The molecule has 1 aromatic rings. The Kier molecular flexibility index (Phi) is 8.75. The van der Waals surface area contributed by atoms with Crippen LogP contribution in [0.1, 0.15) is 66.9 Å². The summed E-state index contributed by atoms with van der Waals surface area (Å²) in [5.74, 6) is 1.16. The van der Waals surface area contributed by atoms with E-state index in [1.54, 1.807) is 0 Å². The van der Waals surface area contributed by atoms with Crippen molar-refractivity contribution in [3.05, 3.63) is 64.8 Å². The molecule has 138 valence electrons. The number of rotatable bonds is 8. The molecular formula is C24H37N. The third kappa shape index (κ3) is 7.34. The minimum atomic E-state index is 0.530.